The fraction of sp³-hybridized carbons (Fsp3) is 0.524. The highest BCUT2D eigenvalue weighted by molar-refractivity contribution is 7.09. The molecule has 2 heterocycles. The number of rotatable bonds is 4. The van der Waals surface area contributed by atoms with Crippen LogP contribution >= 0.6 is 11.3 Å². The van der Waals surface area contributed by atoms with Crippen molar-refractivity contribution in [3.8, 4) is 11.3 Å². The molecule has 4 nitrogen and oxygen atoms in total. The SMILES string of the molecule is Cc1nc(-c2ccc3c(c2)CCN3C(=O)CN(C)C2CCCCC2)cs1. The summed E-state index contributed by atoms with van der Waals surface area (Å²) < 4.78 is 0. The van der Waals surface area contributed by atoms with E-state index in [0.717, 1.165) is 34.9 Å². The van der Waals surface area contributed by atoms with Gasteiger partial charge in [0.25, 0.3) is 0 Å². The molecule has 0 bridgehead atoms. The second-order valence-electron chi connectivity index (χ2n) is 7.60. The zero-order chi connectivity index (χ0) is 18.1. The monoisotopic (exact) mass is 369 g/mol. The minimum atomic E-state index is 0.231. The van der Waals surface area contributed by atoms with Crippen molar-refractivity contribution in [2.45, 2.75) is 51.5 Å². The normalized spacial score (nSPS) is 17.7. The number of thiazole rings is 1. The molecule has 138 valence electrons. The maximum atomic E-state index is 12.9. The molecule has 2 aliphatic rings. The molecule has 0 saturated heterocycles. The minimum absolute atomic E-state index is 0.231. The summed E-state index contributed by atoms with van der Waals surface area (Å²) in [6.07, 6.45) is 7.35. The van der Waals surface area contributed by atoms with Crippen LogP contribution in [0.5, 0.6) is 0 Å². The molecular formula is C21H27N3OS. The molecule has 4 rings (SSSR count). The number of hydrogen-bond donors (Lipinski definition) is 0. The van der Waals surface area contributed by atoms with Gasteiger partial charge in [0.15, 0.2) is 0 Å². The van der Waals surface area contributed by atoms with Gasteiger partial charge in [0.2, 0.25) is 5.91 Å². The lowest BCUT2D eigenvalue weighted by Gasteiger charge is -2.31. The third-order valence-electron chi connectivity index (χ3n) is 5.77. The Hall–Kier alpha value is -1.72. The fourth-order valence-electron chi connectivity index (χ4n) is 4.27. The van der Waals surface area contributed by atoms with E-state index >= 15 is 0 Å². The summed E-state index contributed by atoms with van der Waals surface area (Å²) in [7, 11) is 2.11. The molecule has 1 aromatic carbocycles. The molecule has 1 aliphatic carbocycles. The summed E-state index contributed by atoms with van der Waals surface area (Å²) in [6.45, 7) is 3.36. The second-order valence-corrected chi connectivity index (χ2v) is 8.66. The number of hydrogen-bond acceptors (Lipinski definition) is 4. The number of carbonyl (C=O) groups is 1. The van der Waals surface area contributed by atoms with E-state index in [-0.39, 0.29) is 5.91 Å². The Labute approximate surface area is 159 Å². The predicted molar refractivity (Wildman–Crippen MR) is 108 cm³/mol. The largest absolute Gasteiger partial charge is 0.311 e. The number of benzene rings is 1. The molecule has 0 spiro atoms. The molecular weight excluding hydrogens is 342 g/mol. The Kier molecular flexibility index (Phi) is 5.09. The van der Waals surface area contributed by atoms with Gasteiger partial charge in [-0.1, -0.05) is 25.3 Å². The average molecular weight is 370 g/mol. The van der Waals surface area contributed by atoms with Gasteiger partial charge in [0, 0.05) is 29.2 Å². The molecule has 0 N–H and O–H groups in total. The number of nitrogens with zero attached hydrogens (tertiary/aromatic N) is 3. The lowest BCUT2D eigenvalue weighted by Crippen LogP contribution is -2.43. The highest BCUT2D eigenvalue weighted by Gasteiger charge is 2.27. The first-order valence-corrected chi connectivity index (χ1v) is 10.6. The maximum absolute atomic E-state index is 12.9. The van der Waals surface area contributed by atoms with Crippen molar-refractivity contribution >= 4 is 22.9 Å². The van der Waals surface area contributed by atoms with Crippen LogP contribution in [0.4, 0.5) is 5.69 Å². The summed E-state index contributed by atoms with van der Waals surface area (Å²) in [6, 6.07) is 6.99. The van der Waals surface area contributed by atoms with Crippen LogP contribution in [0.1, 0.15) is 42.7 Å². The molecule has 1 saturated carbocycles. The lowest BCUT2D eigenvalue weighted by molar-refractivity contribution is -0.120. The van der Waals surface area contributed by atoms with Crippen molar-refractivity contribution in [3.05, 3.63) is 34.2 Å². The number of carbonyl (C=O) groups excluding carboxylic acids is 1. The molecule has 1 aliphatic heterocycles. The standard InChI is InChI=1S/C21H27N3OS/c1-15-22-19(14-26-15)16-8-9-20-17(12-16)10-11-24(20)21(25)13-23(2)18-6-4-3-5-7-18/h8-9,12,14,18H,3-7,10-11,13H2,1-2H3. The summed E-state index contributed by atoms with van der Waals surface area (Å²) in [4.78, 5) is 21.7. The van der Waals surface area contributed by atoms with E-state index < -0.39 is 0 Å². The first-order valence-electron chi connectivity index (χ1n) is 9.68. The van der Waals surface area contributed by atoms with E-state index in [1.807, 2.05) is 11.8 Å². The van der Waals surface area contributed by atoms with Crippen LogP contribution in [0, 0.1) is 6.92 Å². The van der Waals surface area contributed by atoms with Crippen molar-refractivity contribution < 1.29 is 4.79 Å². The topological polar surface area (TPSA) is 36.4 Å². The molecule has 1 aromatic heterocycles. The van der Waals surface area contributed by atoms with Gasteiger partial charge >= 0.3 is 0 Å². The molecule has 0 radical (unpaired) electrons. The van der Waals surface area contributed by atoms with Gasteiger partial charge in [0.05, 0.1) is 17.2 Å². The Bertz CT molecular complexity index is 794. The van der Waals surface area contributed by atoms with Crippen molar-refractivity contribution in [2.24, 2.45) is 0 Å². The summed E-state index contributed by atoms with van der Waals surface area (Å²) in [5.41, 5.74) is 4.54. The second kappa shape index (κ2) is 7.49. The third-order valence-corrected chi connectivity index (χ3v) is 6.55. The Morgan fingerprint density at radius 1 is 1.31 bits per heavy atom. The van der Waals surface area contributed by atoms with Crippen molar-refractivity contribution in [3.63, 3.8) is 0 Å². The lowest BCUT2D eigenvalue weighted by atomic mass is 9.94. The minimum Gasteiger partial charge on any atom is -0.311 e. The van der Waals surface area contributed by atoms with E-state index in [0.29, 0.717) is 12.6 Å². The van der Waals surface area contributed by atoms with Gasteiger partial charge in [-0.2, -0.15) is 0 Å². The molecule has 1 amide bonds. The third kappa shape index (κ3) is 3.55. The number of likely N-dealkylation sites (N-methyl/N-ethyl adjacent to an activating group) is 1. The van der Waals surface area contributed by atoms with Gasteiger partial charge in [-0.3, -0.25) is 9.69 Å². The number of amides is 1. The van der Waals surface area contributed by atoms with Crippen LogP contribution < -0.4 is 4.90 Å². The molecule has 2 aromatic rings. The summed E-state index contributed by atoms with van der Waals surface area (Å²) in [5, 5.41) is 3.19. The predicted octanol–water partition coefficient (Wildman–Crippen LogP) is 4.27. The van der Waals surface area contributed by atoms with Gasteiger partial charge < -0.3 is 4.90 Å². The Morgan fingerprint density at radius 3 is 2.85 bits per heavy atom. The van der Waals surface area contributed by atoms with E-state index in [1.165, 1.54) is 37.7 Å². The Balaban J connectivity index is 1.46. The van der Waals surface area contributed by atoms with E-state index in [9.17, 15) is 4.79 Å². The molecule has 26 heavy (non-hydrogen) atoms. The molecule has 1 fully saturated rings. The maximum Gasteiger partial charge on any atom is 0.241 e. The van der Waals surface area contributed by atoms with E-state index in [1.54, 1.807) is 11.3 Å². The van der Waals surface area contributed by atoms with Crippen LogP contribution in [0.3, 0.4) is 0 Å². The van der Waals surface area contributed by atoms with E-state index in [2.05, 4.69) is 40.5 Å². The van der Waals surface area contributed by atoms with Crippen molar-refractivity contribution in [2.75, 3.05) is 25.0 Å². The van der Waals surface area contributed by atoms with Crippen LogP contribution in [-0.4, -0.2) is 42.0 Å². The van der Waals surface area contributed by atoms with Crippen molar-refractivity contribution in [1.29, 1.82) is 0 Å². The van der Waals surface area contributed by atoms with Gasteiger partial charge in [-0.05, 0) is 50.9 Å². The summed E-state index contributed by atoms with van der Waals surface area (Å²) in [5.74, 6) is 0.231. The number of aryl methyl sites for hydroxylation is 1. The first-order chi connectivity index (χ1) is 12.6. The highest BCUT2D eigenvalue weighted by atomic mass is 32.1. The van der Waals surface area contributed by atoms with Gasteiger partial charge in [0.1, 0.15) is 0 Å². The van der Waals surface area contributed by atoms with Gasteiger partial charge in [-0.15, -0.1) is 11.3 Å². The smallest absolute Gasteiger partial charge is 0.241 e. The number of fused-ring (bicyclic) bond motifs is 1. The fourth-order valence-corrected chi connectivity index (χ4v) is 4.89. The number of anilines is 1. The average Bonchev–Trinajstić information content (AvgIpc) is 3.28. The zero-order valence-electron chi connectivity index (χ0n) is 15.7. The Morgan fingerprint density at radius 2 is 2.12 bits per heavy atom. The van der Waals surface area contributed by atoms with E-state index in [4.69, 9.17) is 0 Å². The first kappa shape index (κ1) is 17.7. The molecule has 0 atom stereocenters. The molecule has 0 unspecified atom stereocenters. The van der Waals surface area contributed by atoms with Crippen LogP contribution in [0.15, 0.2) is 23.6 Å². The van der Waals surface area contributed by atoms with Crippen LogP contribution in [-0.2, 0) is 11.2 Å². The summed E-state index contributed by atoms with van der Waals surface area (Å²) >= 11 is 1.68. The van der Waals surface area contributed by atoms with Crippen LogP contribution in [0.25, 0.3) is 11.3 Å². The van der Waals surface area contributed by atoms with Crippen molar-refractivity contribution in [1.82, 2.24) is 9.88 Å². The zero-order valence-corrected chi connectivity index (χ0v) is 16.5. The highest BCUT2D eigenvalue weighted by Crippen LogP contribution is 2.33. The van der Waals surface area contributed by atoms with Crippen LogP contribution in [0.2, 0.25) is 0 Å². The molecule has 5 heteroatoms. The number of aromatic nitrogens is 1. The quantitative estimate of drug-likeness (QED) is 0.807. The van der Waals surface area contributed by atoms with Gasteiger partial charge in [-0.25, -0.2) is 4.98 Å².